The lowest BCUT2D eigenvalue weighted by atomic mass is 9.87. The lowest BCUT2D eigenvalue weighted by Gasteiger charge is -2.36. The van der Waals surface area contributed by atoms with Gasteiger partial charge in [-0.15, -0.1) is 0 Å². The molecule has 1 aromatic carbocycles. The van der Waals surface area contributed by atoms with Crippen LogP contribution in [0.5, 0.6) is 0 Å². The molecule has 0 atom stereocenters. The highest BCUT2D eigenvalue weighted by atomic mass is 32.2. The number of nitrogens with one attached hydrogen (secondary N) is 2. The molecule has 1 saturated carbocycles. The molecule has 1 aromatic heterocycles. The quantitative estimate of drug-likeness (QED) is 0.795. The van der Waals surface area contributed by atoms with Crippen LogP contribution in [-0.2, 0) is 16.2 Å². The van der Waals surface area contributed by atoms with Crippen molar-refractivity contribution in [3.63, 3.8) is 0 Å². The maximum atomic E-state index is 13.0. The highest BCUT2D eigenvalue weighted by Gasteiger charge is 2.37. The monoisotopic (exact) mass is 388 g/mol. The van der Waals surface area contributed by atoms with E-state index in [0.29, 0.717) is 24.6 Å². The fourth-order valence-corrected chi connectivity index (χ4v) is 4.28. The van der Waals surface area contributed by atoms with Crippen LogP contribution in [-0.4, -0.2) is 36.2 Å². The maximum absolute atomic E-state index is 13.0. The van der Waals surface area contributed by atoms with Crippen molar-refractivity contribution in [2.45, 2.75) is 44.4 Å². The summed E-state index contributed by atoms with van der Waals surface area (Å²) in [6, 6.07) is 6.11. The third kappa shape index (κ3) is 4.24. The molecule has 2 N–H and O–H groups in total. The minimum Gasteiger partial charge on any atom is -0.367 e. The van der Waals surface area contributed by atoms with Gasteiger partial charge in [-0.25, -0.2) is 23.1 Å². The van der Waals surface area contributed by atoms with Crippen molar-refractivity contribution in [3.05, 3.63) is 30.1 Å². The van der Waals surface area contributed by atoms with Crippen molar-refractivity contribution < 1.29 is 21.6 Å². The molecule has 0 radical (unpaired) electrons. The molecule has 26 heavy (non-hydrogen) atoms. The number of fused-ring (bicyclic) bond motifs is 1. The second-order valence-electron chi connectivity index (χ2n) is 6.36. The van der Waals surface area contributed by atoms with Gasteiger partial charge < -0.3 is 5.32 Å². The Kier molecular flexibility index (Phi) is 5.07. The van der Waals surface area contributed by atoms with Gasteiger partial charge in [0.05, 0.1) is 11.3 Å². The van der Waals surface area contributed by atoms with Crippen molar-refractivity contribution in [1.82, 2.24) is 14.7 Å². The van der Waals surface area contributed by atoms with Crippen LogP contribution in [0.4, 0.5) is 19.0 Å². The number of anilines is 1. The Morgan fingerprint density at radius 2 is 1.85 bits per heavy atom. The number of alkyl halides is 3. The number of rotatable bonds is 6. The summed E-state index contributed by atoms with van der Waals surface area (Å²) in [5.74, 6) is -1.02. The van der Waals surface area contributed by atoms with E-state index >= 15 is 0 Å². The zero-order valence-electron chi connectivity index (χ0n) is 14.0. The molecule has 1 aliphatic carbocycles. The van der Waals surface area contributed by atoms with E-state index < -0.39 is 22.0 Å². The number of halogens is 3. The van der Waals surface area contributed by atoms with E-state index in [1.165, 1.54) is 6.07 Å². The SMILES string of the molecule is CCCS(=O)(=O)NC1CC(Nc2nc(C(F)(F)F)nc3ccccc23)C1. The maximum Gasteiger partial charge on any atom is 0.451 e. The van der Waals surface area contributed by atoms with E-state index in [1.807, 2.05) is 0 Å². The van der Waals surface area contributed by atoms with Gasteiger partial charge in [-0.3, -0.25) is 0 Å². The van der Waals surface area contributed by atoms with Gasteiger partial charge in [0, 0.05) is 17.5 Å². The van der Waals surface area contributed by atoms with Gasteiger partial charge in [0.25, 0.3) is 0 Å². The number of hydrogen-bond acceptors (Lipinski definition) is 5. The van der Waals surface area contributed by atoms with Gasteiger partial charge in [-0.05, 0) is 31.4 Å². The van der Waals surface area contributed by atoms with E-state index in [-0.39, 0.29) is 29.2 Å². The molecule has 1 aliphatic rings. The molecule has 2 aromatic rings. The van der Waals surface area contributed by atoms with Crippen LogP contribution in [0.2, 0.25) is 0 Å². The summed E-state index contributed by atoms with van der Waals surface area (Å²) < 4.78 is 65.2. The molecule has 1 heterocycles. The van der Waals surface area contributed by atoms with Gasteiger partial charge in [0.2, 0.25) is 15.8 Å². The normalized spacial score (nSPS) is 20.8. The number of para-hydroxylation sites is 1. The zero-order chi connectivity index (χ0) is 18.9. The summed E-state index contributed by atoms with van der Waals surface area (Å²) in [6.07, 6.45) is -3.14. The highest BCUT2D eigenvalue weighted by molar-refractivity contribution is 7.89. The molecule has 142 valence electrons. The van der Waals surface area contributed by atoms with Crippen molar-refractivity contribution in [2.24, 2.45) is 0 Å². The van der Waals surface area contributed by atoms with Gasteiger partial charge >= 0.3 is 6.18 Å². The summed E-state index contributed by atoms with van der Waals surface area (Å²) in [4.78, 5) is 7.21. The third-order valence-electron chi connectivity index (χ3n) is 4.15. The first-order chi connectivity index (χ1) is 12.2. The minimum absolute atomic E-state index is 0.0626. The van der Waals surface area contributed by atoms with Crippen LogP contribution >= 0.6 is 0 Å². The van der Waals surface area contributed by atoms with Gasteiger partial charge in [0.15, 0.2) is 0 Å². The smallest absolute Gasteiger partial charge is 0.367 e. The lowest BCUT2D eigenvalue weighted by Crippen LogP contribution is -2.50. The van der Waals surface area contributed by atoms with Crippen LogP contribution in [0.1, 0.15) is 32.0 Å². The van der Waals surface area contributed by atoms with Gasteiger partial charge in [0.1, 0.15) is 5.82 Å². The Bertz CT molecular complexity index is 896. The molecule has 0 spiro atoms. The zero-order valence-corrected chi connectivity index (χ0v) is 14.9. The average Bonchev–Trinajstić information content (AvgIpc) is 2.51. The fourth-order valence-electron chi connectivity index (χ4n) is 2.92. The number of benzene rings is 1. The molecule has 0 amide bonds. The van der Waals surface area contributed by atoms with Gasteiger partial charge in [-0.1, -0.05) is 19.1 Å². The number of nitrogens with zero attached hydrogens (tertiary/aromatic N) is 2. The Balaban J connectivity index is 1.74. The van der Waals surface area contributed by atoms with E-state index in [0.717, 1.165) is 0 Å². The Hall–Kier alpha value is -1.94. The van der Waals surface area contributed by atoms with Crippen molar-refractivity contribution in [2.75, 3.05) is 11.1 Å². The van der Waals surface area contributed by atoms with Crippen molar-refractivity contribution >= 4 is 26.7 Å². The van der Waals surface area contributed by atoms with Crippen LogP contribution in [0.3, 0.4) is 0 Å². The summed E-state index contributed by atoms with van der Waals surface area (Å²) in [7, 11) is -3.30. The first-order valence-electron chi connectivity index (χ1n) is 8.28. The molecule has 10 heteroatoms. The van der Waals surface area contributed by atoms with E-state index in [2.05, 4.69) is 20.0 Å². The minimum atomic E-state index is -4.64. The Labute approximate surface area is 149 Å². The predicted octanol–water partition coefficient (Wildman–Crippen LogP) is 2.92. The standard InChI is InChI=1S/C16H19F3N4O2S/c1-2-7-26(24,25)23-11-8-10(9-11)20-14-12-5-3-4-6-13(12)21-15(22-14)16(17,18)19/h3-6,10-11,23H,2,7-9H2,1H3,(H,20,21,22). The molecule has 0 unspecified atom stereocenters. The molecule has 1 fully saturated rings. The lowest BCUT2D eigenvalue weighted by molar-refractivity contribution is -0.144. The molecular formula is C16H19F3N4O2S. The third-order valence-corrected chi connectivity index (χ3v) is 5.79. The Morgan fingerprint density at radius 1 is 1.15 bits per heavy atom. The highest BCUT2D eigenvalue weighted by Crippen LogP contribution is 2.32. The van der Waals surface area contributed by atoms with Crippen molar-refractivity contribution in [1.29, 1.82) is 0 Å². The summed E-state index contributed by atoms with van der Waals surface area (Å²) in [5, 5.41) is 3.49. The topological polar surface area (TPSA) is 84.0 Å². The molecule has 3 rings (SSSR count). The fraction of sp³-hybridized carbons (Fsp3) is 0.500. The largest absolute Gasteiger partial charge is 0.451 e. The average molecular weight is 388 g/mol. The van der Waals surface area contributed by atoms with E-state index in [1.54, 1.807) is 25.1 Å². The second kappa shape index (κ2) is 6.99. The summed E-state index contributed by atoms with van der Waals surface area (Å²) in [6.45, 7) is 1.78. The predicted molar refractivity (Wildman–Crippen MR) is 92.2 cm³/mol. The van der Waals surface area contributed by atoms with Crippen LogP contribution < -0.4 is 10.0 Å². The first-order valence-corrected chi connectivity index (χ1v) is 9.93. The summed E-state index contributed by atoms with van der Waals surface area (Å²) >= 11 is 0. The van der Waals surface area contributed by atoms with E-state index in [9.17, 15) is 21.6 Å². The van der Waals surface area contributed by atoms with E-state index in [4.69, 9.17) is 0 Å². The molecule has 0 aliphatic heterocycles. The second-order valence-corrected chi connectivity index (χ2v) is 8.23. The van der Waals surface area contributed by atoms with Crippen LogP contribution in [0, 0.1) is 0 Å². The van der Waals surface area contributed by atoms with Crippen molar-refractivity contribution in [3.8, 4) is 0 Å². The molecule has 6 nitrogen and oxygen atoms in total. The first kappa shape index (κ1) is 18.8. The molecular weight excluding hydrogens is 369 g/mol. The van der Waals surface area contributed by atoms with Crippen LogP contribution in [0.25, 0.3) is 10.9 Å². The number of hydrogen-bond donors (Lipinski definition) is 2. The van der Waals surface area contributed by atoms with Crippen LogP contribution in [0.15, 0.2) is 24.3 Å². The number of sulfonamides is 1. The van der Waals surface area contributed by atoms with Gasteiger partial charge in [-0.2, -0.15) is 13.2 Å². The molecule has 0 saturated heterocycles. The molecule has 0 bridgehead atoms. The summed E-state index contributed by atoms with van der Waals surface area (Å²) in [5.41, 5.74) is 0.205. The Morgan fingerprint density at radius 3 is 2.50 bits per heavy atom. The number of aromatic nitrogens is 2.